The Hall–Kier alpha value is -2.01. The van der Waals surface area contributed by atoms with Gasteiger partial charge in [-0.05, 0) is 18.2 Å². The highest BCUT2D eigenvalue weighted by Crippen LogP contribution is 2.29. The summed E-state index contributed by atoms with van der Waals surface area (Å²) in [5.41, 5.74) is 6.71. The fraction of sp³-hybridized carbons (Fsp3) is 0.0909. The molecule has 1 aromatic carbocycles. The summed E-state index contributed by atoms with van der Waals surface area (Å²) in [4.78, 5) is 8.07. The zero-order valence-electron chi connectivity index (χ0n) is 9.14. The van der Waals surface area contributed by atoms with Crippen LogP contribution in [0.1, 0.15) is 0 Å². The Kier molecular flexibility index (Phi) is 3.30. The highest BCUT2D eigenvalue weighted by molar-refractivity contribution is 6.30. The molecule has 0 spiro atoms. The van der Waals surface area contributed by atoms with Crippen molar-refractivity contribution >= 4 is 28.9 Å². The second-order valence-corrected chi connectivity index (χ2v) is 3.75. The third-order valence-electron chi connectivity index (χ3n) is 2.08. The zero-order chi connectivity index (χ0) is 12.3. The number of benzene rings is 1. The predicted molar refractivity (Wildman–Crippen MR) is 67.7 cm³/mol. The van der Waals surface area contributed by atoms with E-state index in [1.165, 1.54) is 12.4 Å². The maximum absolute atomic E-state index is 5.91. The van der Waals surface area contributed by atoms with Crippen LogP contribution in [0.15, 0.2) is 30.6 Å². The van der Waals surface area contributed by atoms with Crippen LogP contribution in [-0.4, -0.2) is 17.1 Å². The van der Waals surface area contributed by atoms with Gasteiger partial charge >= 0.3 is 0 Å². The molecule has 0 bridgehead atoms. The average Bonchev–Trinajstić information content (AvgIpc) is 2.32. The lowest BCUT2D eigenvalue weighted by atomic mass is 10.3. The molecule has 0 saturated heterocycles. The van der Waals surface area contributed by atoms with E-state index in [2.05, 4.69) is 15.3 Å². The van der Waals surface area contributed by atoms with E-state index in [1.54, 1.807) is 25.3 Å². The van der Waals surface area contributed by atoms with E-state index < -0.39 is 0 Å². The first-order valence-electron chi connectivity index (χ1n) is 4.87. The largest absolute Gasteiger partial charge is 0.495 e. The summed E-state index contributed by atoms with van der Waals surface area (Å²) in [6.45, 7) is 0. The van der Waals surface area contributed by atoms with Gasteiger partial charge in [-0.1, -0.05) is 11.6 Å². The molecule has 0 saturated carbocycles. The Morgan fingerprint density at radius 3 is 2.65 bits per heavy atom. The normalized spacial score (nSPS) is 10.0. The second-order valence-electron chi connectivity index (χ2n) is 3.31. The van der Waals surface area contributed by atoms with Gasteiger partial charge in [0.05, 0.1) is 30.9 Å². The number of nitrogens with one attached hydrogen (secondary N) is 1. The molecule has 2 rings (SSSR count). The summed E-state index contributed by atoms with van der Waals surface area (Å²) in [7, 11) is 1.58. The molecule has 88 valence electrons. The monoisotopic (exact) mass is 250 g/mol. The first-order valence-corrected chi connectivity index (χ1v) is 5.25. The number of anilines is 3. The van der Waals surface area contributed by atoms with Gasteiger partial charge in [-0.25, -0.2) is 9.97 Å². The quantitative estimate of drug-likeness (QED) is 0.875. The molecule has 5 nitrogen and oxygen atoms in total. The molecule has 3 N–H and O–H groups in total. The minimum atomic E-state index is 0.430. The maximum atomic E-state index is 5.91. The van der Waals surface area contributed by atoms with Crippen molar-refractivity contribution in [2.24, 2.45) is 0 Å². The van der Waals surface area contributed by atoms with Gasteiger partial charge in [-0.15, -0.1) is 0 Å². The zero-order valence-corrected chi connectivity index (χ0v) is 9.90. The Bertz CT molecular complexity index is 515. The van der Waals surface area contributed by atoms with E-state index in [0.717, 1.165) is 0 Å². The van der Waals surface area contributed by atoms with Crippen molar-refractivity contribution < 1.29 is 4.74 Å². The lowest BCUT2D eigenvalue weighted by Gasteiger charge is -2.10. The van der Waals surface area contributed by atoms with Crippen LogP contribution in [0.25, 0.3) is 0 Å². The van der Waals surface area contributed by atoms with E-state index in [9.17, 15) is 0 Å². The first kappa shape index (κ1) is 11.5. The van der Waals surface area contributed by atoms with Gasteiger partial charge in [0.1, 0.15) is 5.75 Å². The van der Waals surface area contributed by atoms with Crippen molar-refractivity contribution in [2.75, 3.05) is 18.2 Å². The molecule has 17 heavy (non-hydrogen) atoms. The topological polar surface area (TPSA) is 73.1 Å². The Balaban J connectivity index is 2.28. The van der Waals surface area contributed by atoms with Crippen LogP contribution in [0.5, 0.6) is 5.75 Å². The summed E-state index contributed by atoms with van der Waals surface area (Å²) in [5, 5.41) is 3.60. The number of methoxy groups -OCH3 is 1. The van der Waals surface area contributed by atoms with Crippen molar-refractivity contribution in [3.05, 3.63) is 35.6 Å². The lowest BCUT2D eigenvalue weighted by molar-refractivity contribution is 0.417. The van der Waals surface area contributed by atoms with Crippen LogP contribution in [0.2, 0.25) is 5.02 Å². The second kappa shape index (κ2) is 4.88. The van der Waals surface area contributed by atoms with Crippen LogP contribution < -0.4 is 15.8 Å². The molecule has 0 aliphatic rings. The van der Waals surface area contributed by atoms with Gasteiger partial charge in [0.2, 0.25) is 5.95 Å². The predicted octanol–water partition coefficient (Wildman–Crippen LogP) is 2.46. The molecule has 0 aliphatic heterocycles. The van der Waals surface area contributed by atoms with Crippen LogP contribution in [-0.2, 0) is 0 Å². The number of rotatable bonds is 3. The number of hydrogen-bond donors (Lipinski definition) is 2. The van der Waals surface area contributed by atoms with E-state index in [-0.39, 0.29) is 0 Å². The molecule has 0 atom stereocenters. The number of nitrogen functional groups attached to an aromatic ring is 1. The summed E-state index contributed by atoms with van der Waals surface area (Å²) in [6, 6.07) is 5.25. The number of nitrogens with zero attached hydrogens (tertiary/aromatic N) is 2. The number of aromatic nitrogens is 2. The molecule has 6 heteroatoms. The number of ether oxygens (including phenoxy) is 1. The minimum absolute atomic E-state index is 0.430. The Morgan fingerprint density at radius 1 is 1.29 bits per heavy atom. The minimum Gasteiger partial charge on any atom is -0.495 e. The smallest absolute Gasteiger partial charge is 0.227 e. The SMILES string of the molecule is COc1ccc(Cl)cc1Nc1ncc(N)cn1. The van der Waals surface area contributed by atoms with E-state index in [1.807, 2.05) is 0 Å². The molecular formula is C11H11ClN4O. The van der Waals surface area contributed by atoms with E-state index in [0.29, 0.717) is 28.1 Å². The molecule has 0 fully saturated rings. The number of nitrogens with two attached hydrogens (primary N) is 1. The highest BCUT2D eigenvalue weighted by Gasteiger charge is 2.05. The summed E-state index contributed by atoms with van der Waals surface area (Å²) < 4.78 is 5.19. The third-order valence-corrected chi connectivity index (χ3v) is 2.31. The molecule has 1 aromatic heterocycles. The van der Waals surface area contributed by atoms with Crippen LogP contribution in [0.4, 0.5) is 17.3 Å². The number of hydrogen-bond acceptors (Lipinski definition) is 5. The van der Waals surface area contributed by atoms with Gasteiger partial charge in [-0.2, -0.15) is 0 Å². The maximum Gasteiger partial charge on any atom is 0.227 e. The summed E-state index contributed by atoms with van der Waals surface area (Å²) in [6.07, 6.45) is 3.04. The van der Waals surface area contributed by atoms with Crippen LogP contribution >= 0.6 is 11.6 Å². The molecular weight excluding hydrogens is 240 g/mol. The van der Waals surface area contributed by atoms with Gasteiger partial charge in [0, 0.05) is 5.02 Å². The number of halogens is 1. The average molecular weight is 251 g/mol. The first-order chi connectivity index (χ1) is 8.19. The van der Waals surface area contributed by atoms with Crippen molar-refractivity contribution in [1.29, 1.82) is 0 Å². The van der Waals surface area contributed by atoms with Crippen LogP contribution in [0, 0.1) is 0 Å². The van der Waals surface area contributed by atoms with Gasteiger partial charge in [-0.3, -0.25) is 0 Å². The fourth-order valence-corrected chi connectivity index (χ4v) is 1.47. The van der Waals surface area contributed by atoms with Crippen LogP contribution in [0.3, 0.4) is 0 Å². The van der Waals surface area contributed by atoms with Crippen molar-refractivity contribution in [3.8, 4) is 5.75 Å². The fourth-order valence-electron chi connectivity index (χ4n) is 1.30. The van der Waals surface area contributed by atoms with Gasteiger partial charge < -0.3 is 15.8 Å². The van der Waals surface area contributed by atoms with Gasteiger partial charge in [0.15, 0.2) is 0 Å². The van der Waals surface area contributed by atoms with Crippen molar-refractivity contribution in [3.63, 3.8) is 0 Å². The molecule has 0 radical (unpaired) electrons. The molecule has 0 unspecified atom stereocenters. The van der Waals surface area contributed by atoms with Crippen molar-refractivity contribution in [2.45, 2.75) is 0 Å². The molecule has 0 amide bonds. The standard InChI is InChI=1S/C11H11ClN4O/c1-17-10-3-2-7(12)4-9(10)16-11-14-5-8(13)6-15-11/h2-6H,13H2,1H3,(H,14,15,16). The molecule has 0 aliphatic carbocycles. The lowest BCUT2D eigenvalue weighted by Crippen LogP contribution is -1.99. The summed E-state index contributed by atoms with van der Waals surface area (Å²) in [5.74, 6) is 1.09. The van der Waals surface area contributed by atoms with E-state index >= 15 is 0 Å². The highest BCUT2D eigenvalue weighted by atomic mass is 35.5. The third kappa shape index (κ3) is 2.76. The molecule has 1 heterocycles. The Morgan fingerprint density at radius 2 is 2.00 bits per heavy atom. The molecule has 2 aromatic rings. The van der Waals surface area contributed by atoms with E-state index in [4.69, 9.17) is 22.1 Å². The Labute approximate surface area is 104 Å². The van der Waals surface area contributed by atoms with Crippen molar-refractivity contribution in [1.82, 2.24) is 9.97 Å². The summed E-state index contributed by atoms with van der Waals surface area (Å²) >= 11 is 5.91. The van der Waals surface area contributed by atoms with Gasteiger partial charge in [0.25, 0.3) is 0 Å².